The number of rotatable bonds is 4. The summed E-state index contributed by atoms with van der Waals surface area (Å²) in [6.07, 6.45) is -3.37. The molecule has 4 N–H and O–H groups in total. The first kappa shape index (κ1) is 17.3. The topological polar surface area (TPSA) is 121 Å². The Hall–Kier alpha value is -2.52. The number of aliphatic hydroxyl groups is 3. The van der Waals surface area contributed by atoms with Gasteiger partial charge in [0, 0.05) is 23.5 Å². The van der Waals surface area contributed by atoms with Crippen molar-refractivity contribution in [2.75, 3.05) is 11.9 Å². The molecular formula is C17H18N2O6. The SMILES string of the molecule is O=C(Nc1ccn([C@@H]2O[C@H](CO)[C@@H](O)[C@H]2O)c(=O)c1)c1ccccc1. The van der Waals surface area contributed by atoms with Crippen molar-refractivity contribution in [3.05, 3.63) is 64.6 Å². The molecule has 0 radical (unpaired) electrons. The monoisotopic (exact) mass is 346 g/mol. The summed E-state index contributed by atoms with van der Waals surface area (Å²) in [5.74, 6) is -0.356. The second kappa shape index (κ2) is 7.16. The molecule has 1 aliphatic heterocycles. The molecule has 8 nitrogen and oxygen atoms in total. The van der Waals surface area contributed by atoms with E-state index in [1.54, 1.807) is 30.3 Å². The van der Waals surface area contributed by atoms with Crippen LogP contribution in [0.5, 0.6) is 0 Å². The molecule has 8 heteroatoms. The Kier molecular flexibility index (Phi) is 4.95. The van der Waals surface area contributed by atoms with Crippen molar-refractivity contribution in [3.63, 3.8) is 0 Å². The normalized spacial score (nSPS) is 25.7. The van der Waals surface area contributed by atoms with Crippen molar-refractivity contribution < 1.29 is 24.9 Å². The highest BCUT2D eigenvalue weighted by Gasteiger charge is 2.43. The van der Waals surface area contributed by atoms with Crippen LogP contribution < -0.4 is 10.9 Å². The van der Waals surface area contributed by atoms with Gasteiger partial charge in [0.1, 0.15) is 18.3 Å². The Balaban J connectivity index is 1.78. The summed E-state index contributed by atoms with van der Waals surface area (Å²) in [5, 5.41) is 31.5. The molecule has 132 valence electrons. The highest BCUT2D eigenvalue weighted by atomic mass is 16.6. The third kappa shape index (κ3) is 3.47. The van der Waals surface area contributed by atoms with Gasteiger partial charge in [0.2, 0.25) is 0 Å². The fourth-order valence-corrected chi connectivity index (χ4v) is 2.68. The number of aromatic nitrogens is 1. The first-order valence-corrected chi connectivity index (χ1v) is 7.72. The zero-order valence-corrected chi connectivity index (χ0v) is 13.1. The van der Waals surface area contributed by atoms with Crippen molar-refractivity contribution in [1.82, 2.24) is 4.57 Å². The molecule has 0 aliphatic carbocycles. The lowest BCUT2D eigenvalue weighted by molar-refractivity contribution is -0.0543. The van der Waals surface area contributed by atoms with E-state index in [1.165, 1.54) is 18.3 Å². The number of anilines is 1. The van der Waals surface area contributed by atoms with E-state index in [0.29, 0.717) is 11.3 Å². The van der Waals surface area contributed by atoms with Gasteiger partial charge in [-0.2, -0.15) is 0 Å². The smallest absolute Gasteiger partial charge is 0.255 e. The Morgan fingerprint density at radius 3 is 2.48 bits per heavy atom. The predicted octanol–water partition coefficient (Wildman–Crippen LogP) is -0.288. The van der Waals surface area contributed by atoms with E-state index in [9.17, 15) is 19.8 Å². The van der Waals surface area contributed by atoms with Crippen molar-refractivity contribution in [1.29, 1.82) is 0 Å². The molecule has 0 saturated carbocycles. The van der Waals surface area contributed by atoms with Crippen LogP contribution in [0.1, 0.15) is 16.6 Å². The lowest BCUT2D eigenvalue weighted by atomic mass is 10.1. The maximum Gasteiger partial charge on any atom is 0.255 e. The minimum Gasteiger partial charge on any atom is -0.394 e. The van der Waals surface area contributed by atoms with Crippen LogP contribution in [0.25, 0.3) is 0 Å². The number of hydrogen-bond acceptors (Lipinski definition) is 6. The van der Waals surface area contributed by atoms with Crippen LogP contribution in [0.15, 0.2) is 53.5 Å². The van der Waals surface area contributed by atoms with Crippen LogP contribution in [0.3, 0.4) is 0 Å². The van der Waals surface area contributed by atoms with Crippen LogP contribution in [-0.4, -0.2) is 50.7 Å². The molecule has 1 aromatic heterocycles. The van der Waals surface area contributed by atoms with Crippen molar-refractivity contribution >= 4 is 11.6 Å². The maximum atomic E-state index is 12.3. The van der Waals surface area contributed by atoms with Gasteiger partial charge in [0.25, 0.3) is 11.5 Å². The van der Waals surface area contributed by atoms with E-state index in [0.717, 1.165) is 4.57 Å². The van der Waals surface area contributed by atoms with Gasteiger partial charge < -0.3 is 25.4 Å². The van der Waals surface area contributed by atoms with Gasteiger partial charge in [0.15, 0.2) is 6.23 Å². The second-order valence-electron chi connectivity index (χ2n) is 5.71. The average molecular weight is 346 g/mol. The quantitative estimate of drug-likeness (QED) is 0.604. The summed E-state index contributed by atoms with van der Waals surface area (Å²) in [7, 11) is 0. The Bertz CT molecular complexity index is 806. The summed E-state index contributed by atoms with van der Waals surface area (Å²) >= 11 is 0. The van der Waals surface area contributed by atoms with Crippen molar-refractivity contribution in [3.8, 4) is 0 Å². The molecule has 0 unspecified atom stereocenters. The molecule has 2 heterocycles. The summed E-state index contributed by atoms with van der Waals surface area (Å²) in [6, 6.07) is 11.2. The minimum atomic E-state index is -1.35. The molecule has 25 heavy (non-hydrogen) atoms. The van der Waals surface area contributed by atoms with E-state index >= 15 is 0 Å². The zero-order valence-electron chi connectivity index (χ0n) is 13.1. The number of pyridine rings is 1. The van der Waals surface area contributed by atoms with E-state index in [2.05, 4.69) is 5.32 Å². The second-order valence-corrected chi connectivity index (χ2v) is 5.71. The van der Waals surface area contributed by atoms with Gasteiger partial charge in [-0.3, -0.25) is 14.2 Å². The maximum absolute atomic E-state index is 12.3. The Labute approximate surface area is 142 Å². The zero-order chi connectivity index (χ0) is 18.0. The summed E-state index contributed by atoms with van der Waals surface area (Å²) in [5.41, 5.74) is 0.220. The number of nitrogens with one attached hydrogen (secondary N) is 1. The molecule has 4 atom stereocenters. The number of carbonyl (C=O) groups excluding carboxylic acids is 1. The third-order valence-electron chi connectivity index (χ3n) is 4.03. The van der Waals surface area contributed by atoms with E-state index in [1.807, 2.05) is 0 Å². The van der Waals surface area contributed by atoms with Crippen LogP contribution in [0, 0.1) is 0 Å². The summed E-state index contributed by atoms with van der Waals surface area (Å²) in [6.45, 7) is -0.477. The largest absolute Gasteiger partial charge is 0.394 e. The summed E-state index contributed by atoms with van der Waals surface area (Å²) < 4.78 is 6.42. The number of benzene rings is 1. The average Bonchev–Trinajstić information content (AvgIpc) is 2.91. The van der Waals surface area contributed by atoms with Gasteiger partial charge in [0.05, 0.1) is 6.61 Å². The van der Waals surface area contributed by atoms with Gasteiger partial charge in [-0.05, 0) is 18.2 Å². The lowest BCUT2D eigenvalue weighted by Crippen LogP contribution is -2.35. The number of amides is 1. The van der Waals surface area contributed by atoms with Crippen LogP contribution >= 0.6 is 0 Å². The van der Waals surface area contributed by atoms with E-state index in [4.69, 9.17) is 9.84 Å². The fourth-order valence-electron chi connectivity index (χ4n) is 2.68. The standard InChI is InChI=1S/C17H18N2O6/c20-9-12-14(22)15(23)17(25-12)19-7-6-11(8-13(19)21)18-16(24)10-4-2-1-3-5-10/h1-8,12,14-15,17,20,22-23H,9H2,(H,18,24)/t12-,14-,15-,17-/m1/s1. The van der Waals surface area contributed by atoms with Gasteiger partial charge in [-0.15, -0.1) is 0 Å². The Morgan fingerprint density at radius 2 is 1.88 bits per heavy atom. The van der Waals surface area contributed by atoms with Gasteiger partial charge in [-0.1, -0.05) is 18.2 Å². The molecule has 1 aromatic carbocycles. The first-order chi connectivity index (χ1) is 12.0. The fraction of sp³-hybridized carbons (Fsp3) is 0.294. The molecule has 1 amide bonds. The number of aliphatic hydroxyl groups excluding tert-OH is 3. The number of nitrogens with zero attached hydrogens (tertiary/aromatic N) is 1. The molecule has 1 saturated heterocycles. The first-order valence-electron chi connectivity index (χ1n) is 7.72. The van der Waals surface area contributed by atoms with Crippen LogP contribution in [-0.2, 0) is 4.74 Å². The van der Waals surface area contributed by atoms with Gasteiger partial charge in [-0.25, -0.2) is 0 Å². The predicted molar refractivity (Wildman–Crippen MR) is 88.1 cm³/mol. The van der Waals surface area contributed by atoms with Crippen LogP contribution in [0.4, 0.5) is 5.69 Å². The molecule has 0 spiro atoms. The van der Waals surface area contributed by atoms with Crippen molar-refractivity contribution in [2.45, 2.75) is 24.5 Å². The number of hydrogen-bond donors (Lipinski definition) is 4. The number of carbonyl (C=O) groups is 1. The molecule has 1 fully saturated rings. The minimum absolute atomic E-state index is 0.293. The van der Waals surface area contributed by atoms with Gasteiger partial charge >= 0.3 is 0 Å². The lowest BCUT2D eigenvalue weighted by Gasteiger charge is -2.18. The molecule has 3 rings (SSSR count). The van der Waals surface area contributed by atoms with Crippen molar-refractivity contribution in [2.24, 2.45) is 0 Å². The van der Waals surface area contributed by atoms with E-state index in [-0.39, 0.29) is 5.91 Å². The van der Waals surface area contributed by atoms with Crippen LogP contribution in [0.2, 0.25) is 0 Å². The molecule has 0 bridgehead atoms. The Morgan fingerprint density at radius 1 is 1.16 bits per heavy atom. The van der Waals surface area contributed by atoms with E-state index < -0.39 is 36.7 Å². The summed E-state index contributed by atoms with van der Waals surface area (Å²) in [4.78, 5) is 24.4. The highest BCUT2D eigenvalue weighted by molar-refractivity contribution is 6.04. The molecular weight excluding hydrogens is 328 g/mol. The molecule has 1 aliphatic rings. The highest BCUT2D eigenvalue weighted by Crippen LogP contribution is 2.28. The third-order valence-corrected chi connectivity index (χ3v) is 4.03. The number of ether oxygens (including phenoxy) is 1. The molecule has 2 aromatic rings.